The Bertz CT molecular complexity index is 529. The first-order chi connectivity index (χ1) is 11.3. The van der Waals surface area contributed by atoms with Crippen LogP contribution in [0.5, 0.6) is 0 Å². The highest BCUT2D eigenvalue weighted by molar-refractivity contribution is 5.76. The van der Waals surface area contributed by atoms with Gasteiger partial charge in [-0.3, -0.25) is 4.79 Å². The summed E-state index contributed by atoms with van der Waals surface area (Å²) in [5.41, 5.74) is 2.53. The second kappa shape index (κ2) is 8.15. The summed E-state index contributed by atoms with van der Waals surface area (Å²) in [6, 6.07) is 8.67. The van der Waals surface area contributed by atoms with E-state index in [0.717, 1.165) is 19.6 Å². The zero-order chi connectivity index (χ0) is 17.7. The van der Waals surface area contributed by atoms with E-state index in [2.05, 4.69) is 57.3 Å². The molecule has 1 heterocycles. The number of amides is 1. The minimum absolute atomic E-state index is 0.0316. The van der Waals surface area contributed by atoms with Crippen molar-refractivity contribution in [3.63, 3.8) is 0 Å². The Balaban J connectivity index is 1.91. The quantitative estimate of drug-likeness (QED) is 0.861. The van der Waals surface area contributed by atoms with Gasteiger partial charge in [-0.05, 0) is 50.3 Å². The number of nitrogens with zero attached hydrogens (tertiary/aromatic N) is 1. The number of rotatable bonds is 6. The molecule has 1 saturated heterocycles. The van der Waals surface area contributed by atoms with Gasteiger partial charge in [0, 0.05) is 25.4 Å². The number of likely N-dealkylation sites (N-methyl/N-ethyl adjacent to an activating group) is 1. The highest BCUT2D eigenvalue weighted by Crippen LogP contribution is 2.27. The van der Waals surface area contributed by atoms with Crippen LogP contribution in [0.1, 0.15) is 51.2 Å². The van der Waals surface area contributed by atoms with Crippen LogP contribution in [0.3, 0.4) is 0 Å². The molecule has 0 saturated carbocycles. The third-order valence-corrected chi connectivity index (χ3v) is 5.58. The summed E-state index contributed by atoms with van der Waals surface area (Å²) in [6.07, 6.45) is 3.07. The molecule has 0 bridgehead atoms. The van der Waals surface area contributed by atoms with Crippen molar-refractivity contribution in [2.45, 2.75) is 52.4 Å². The molecule has 1 aliphatic rings. The van der Waals surface area contributed by atoms with Gasteiger partial charge in [-0.2, -0.15) is 0 Å². The number of benzene rings is 1. The lowest BCUT2D eigenvalue weighted by Gasteiger charge is -2.33. The first-order valence-electron chi connectivity index (χ1n) is 9.31. The van der Waals surface area contributed by atoms with E-state index in [9.17, 15) is 4.79 Å². The van der Waals surface area contributed by atoms with Gasteiger partial charge in [-0.15, -0.1) is 0 Å². The number of piperidine rings is 1. The van der Waals surface area contributed by atoms with Crippen LogP contribution in [0, 0.1) is 18.8 Å². The average Bonchev–Trinajstić information content (AvgIpc) is 2.55. The Morgan fingerprint density at radius 3 is 2.42 bits per heavy atom. The van der Waals surface area contributed by atoms with Crippen LogP contribution in [-0.2, 0) is 10.2 Å². The van der Waals surface area contributed by atoms with Gasteiger partial charge >= 0.3 is 0 Å². The van der Waals surface area contributed by atoms with Gasteiger partial charge in [0.2, 0.25) is 5.91 Å². The molecule has 1 fully saturated rings. The van der Waals surface area contributed by atoms with E-state index in [1.807, 2.05) is 11.9 Å². The zero-order valence-corrected chi connectivity index (χ0v) is 16.1. The van der Waals surface area contributed by atoms with Gasteiger partial charge in [0.15, 0.2) is 0 Å². The van der Waals surface area contributed by atoms with Gasteiger partial charge in [0.25, 0.3) is 0 Å². The molecule has 0 radical (unpaired) electrons. The summed E-state index contributed by atoms with van der Waals surface area (Å²) in [5.74, 6) is 1.44. The van der Waals surface area contributed by atoms with Crippen molar-refractivity contribution >= 4 is 5.91 Å². The van der Waals surface area contributed by atoms with Crippen LogP contribution in [0.4, 0.5) is 0 Å². The molecule has 24 heavy (non-hydrogen) atoms. The third-order valence-electron chi connectivity index (χ3n) is 5.58. The second-order valence-electron chi connectivity index (χ2n) is 8.27. The molecule has 134 valence electrons. The average molecular weight is 331 g/mol. The van der Waals surface area contributed by atoms with E-state index in [1.54, 1.807) is 0 Å². The molecule has 1 atom stereocenters. The molecule has 1 aromatic rings. The first-order valence-corrected chi connectivity index (χ1v) is 9.31. The maximum atomic E-state index is 12.7. The monoisotopic (exact) mass is 330 g/mol. The Morgan fingerprint density at radius 1 is 1.25 bits per heavy atom. The Labute approximate surface area is 147 Å². The van der Waals surface area contributed by atoms with Gasteiger partial charge in [0.1, 0.15) is 0 Å². The Morgan fingerprint density at radius 2 is 1.83 bits per heavy atom. The molecule has 0 aliphatic carbocycles. The van der Waals surface area contributed by atoms with Crippen LogP contribution in [-0.4, -0.2) is 37.5 Å². The van der Waals surface area contributed by atoms with Crippen LogP contribution in [0.2, 0.25) is 0 Å². The van der Waals surface area contributed by atoms with E-state index in [1.165, 1.54) is 24.0 Å². The lowest BCUT2D eigenvalue weighted by molar-refractivity contribution is -0.132. The molecule has 3 heteroatoms. The molecular formula is C21H34N2O. The van der Waals surface area contributed by atoms with Crippen LogP contribution in [0.25, 0.3) is 0 Å². The van der Waals surface area contributed by atoms with Gasteiger partial charge in [0.05, 0.1) is 0 Å². The lowest BCUT2D eigenvalue weighted by Crippen LogP contribution is -2.40. The molecule has 0 aromatic heterocycles. The molecule has 2 rings (SSSR count). The predicted octanol–water partition coefficient (Wildman–Crippen LogP) is 3.76. The summed E-state index contributed by atoms with van der Waals surface area (Å²) in [5, 5.41) is 3.40. The maximum absolute atomic E-state index is 12.7. The Hall–Kier alpha value is -1.35. The van der Waals surface area contributed by atoms with E-state index >= 15 is 0 Å². The SMILES string of the molecule is Cc1ccc(C(C)(C)CN(C)C(=O)CC(C)C2CCNCC2)cc1. The third kappa shape index (κ3) is 5.07. The topological polar surface area (TPSA) is 32.3 Å². The standard InChI is InChI=1S/C21H34N2O/c1-16-6-8-19(9-7-16)21(3,4)15-23(5)20(24)14-17(2)18-10-12-22-13-11-18/h6-9,17-18,22H,10-15H2,1-5H3. The largest absolute Gasteiger partial charge is 0.345 e. The van der Waals surface area contributed by atoms with Crippen molar-refractivity contribution in [1.82, 2.24) is 10.2 Å². The molecule has 1 N–H and O–H groups in total. The van der Waals surface area contributed by atoms with E-state index in [4.69, 9.17) is 0 Å². The highest BCUT2D eigenvalue weighted by atomic mass is 16.2. The van der Waals surface area contributed by atoms with Crippen molar-refractivity contribution in [1.29, 1.82) is 0 Å². The number of hydrogen-bond acceptors (Lipinski definition) is 2. The highest BCUT2D eigenvalue weighted by Gasteiger charge is 2.27. The fourth-order valence-corrected chi connectivity index (χ4v) is 3.79. The van der Waals surface area contributed by atoms with Crippen LogP contribution >= 0.6 is 0 Å². The summed E-state index contributed by atoms with van der Waals surface area (Å²) in [6.45, 7) is 11.7. The van der Waals surface area contributed by atoms with Crippen molar-refractivity contribution in [3.8, 4) is 0 Å². The molecule has 1 aromatic carbocycles. The lowest BCUT2D eigenvalue weighted by atomic mass is 9.82. The molecule has 1 unspecified atom stereocenters. The molecule has 1 amide bonds. The molecule has 0 spiro atoms. The van der Waals surface area contributed by atoms with Crippen molar-refractivity contribution in [2.75, 3.05) is 26.7 Å². The molecule has 3 nitrogen and oxygen atoms in total. The van der Waals surface area contributed by atoms with Gasteiger partial charge < -0.3 is 10.2 Å². The van der Waals surface area contributed by atoms with E-state index in [-0.39, 0.29) is 11.3 Å². The van der Waals surface area contributed by atoms with Crippen molar-refractivity contribution in [3.05, 3.63) is 35.4 Å². The molecular weight excluding hydrogens is 296 g/mol. The van der Waals surface area contributed by atoms with Crippen molar-refractivity contribution in [2.24, 2.45) is 11.8 Å². The fourth-order valence-electron chi connectivity index (χ4n) is 3.79. The first kappa shape index (κ1) is 19.0. The zero-order valence-electron chi connectivity index (χ0n) is 16.1. The summed E-state index contributed by atoms with van der Waals surface area (Å²) < 4.78 is 0. The maximum Gasteiger partial charge on any atom is 0.222 e. The van der Waals surface area contributed by atoms with Crippen LogP contribution in [0.15, 0.2) is 24.3 Å². The number of aryl methyl sites for hydroxylation is 1. The fraction of sp³-hybridized carbons (Fsp3) is 0.667. The van der Waals surface area contributed by atoms with Crippen molar-refractivity contribution < 1.29 is 4.79 Å². The predicted molar refractivity (Wildman–Crippen MR) is 101 cm³/mol. The summed E-state index contributed by atoms with van der Waals surface area (Å²) in [7, 11) is 1.95. The number of carbonyl (C=O) groups excluding carboxylic acids is 1. The molecule has 1 aliphatic heterocycles. The van der Waals surface area contributed by atoms with E-state index < -0.39 is 0 Å². The minimum Gasteiger partial charge on any atom is -0.345 e. The minimum atomic E-state index is -0.0316. The Kier molecular flexibility index (Phi) is 6.45. The smallest absolute Gasteiger partial charge is 0.222 e. The normalized spacial score (nSPS) is 17.5. The number of hydrogen-bond donors (Lipinski definition) is 1. The second-order valence-corrected chi connectivity index (χ2v) is 8.27. The van der Waals surface area contributed by atoms with Gasteiger partial charge in [-0.25, -0.2) is 0 Å². The van der Waals surface area contributed by atoms with Crippen LogP contribution < -0.4 is 5.32 Å². The summed E-state index contributed by atoms with van der Waals surface area (Å²) in [4.78, 5) is 14.6. The summed E-state index contributed by atoms with van der Waals surface area (Å²) >= 11 is 0. The van der Waals surface area contributed by atoms with Gasteiger partial charge in [-0.1, -0.05) is 50.6 Å². The number of nitrogens with one attached hydrogen (secondary N) is 1. The van der Waals surface area contributed by atoms with E-state index in [0.29, 0.717) is 18.3 Å². The number of carbonyl (C=O) groups is 1.